The Morgan fingerprint density at radius 3 is 2.62 bits per heavy atom. The molecule has 21 heavy (non-hydrogen) atoms. The molecular formula is C13H13ClN2O5. The van der Waals surface area contributed by atoms with Crippen molar-refractivity contribution in [1.29, 1.82) is 0 Å². The van der Waals surface area contributed by atoms with Gasteiger partial charge in [0.2, 0.25) is 0 Å². The molecule has 7 nitrogen and oxygen atoms in total. The molecule has 0 bridgehead atoms. The molecule has 0 saturated carbocycles. The number of aromatic nitrogens is 1. The van der Waals surface area contributed by atoms with E-state index in [1.54, 1.807) is 20.8 Å². The van der Waals surface area contributed by atoms with Crippen LogP contribution in [0.15, 0.2) is 16.5 Å². The van der Waals surface area contributed by atoms with Gasteiger partial charge in [-0.25, -0.2) is 14.9 Å². The minimum absolute atomic E-state index is 0.0953. The molecule has 2 aromatic rings. The summed E-state index contributed by atoms with van der Waals surface area (Å²) in [5, 5.41) is 11.6. The van der Waals surface area contributed by atoms with Crippen LogP contribution in [-0.4, -0.2) is 27.8 Å². The summed E-state index contributed by atoms with van der Waals surface area (Å²) in [4.78, 5) is 26.7. The molecule has 8 heteroatoms. The van der Waals surface area contributed by atoms with E-state index in [0.717, 1.165) is 0 Å². The van der Waals surface area contributed by atoms with Gasteiger partial charge in [0.05, 0.1) is 5.56 Å². The van der Waals surface area contributed by atoms with Crippen LogP contribution in [0.4, 0.5) is 10.8 Å². The maximum atomic E-state index is 11.6. The molecule has 0 aliphatic rings. The number of rotatable bonds is 2. The number of fused-ring (bicyclic) bond motifs is 1. The Kier molecular flexibility index (Phi) is 3.78. The summed E-state index contributed by atoms with van der Waals surface area (Å²) in [7, 11) is 0. The Balaban J connectivity index is 2.33. The summed E-state index contributed by atoms with van der Waals surface area (Å²) in [6.45, 7) is 5.13. The normalized spacial score (nSPS) is 11.4. The van der Waals surface area contributed by atoms with Crippen LogP contribution in [0.5, 0.6) is 0 Å². The number of aromatic carboxylic acids is 1. The topological polar surface area (TPSA) is 102 Å². The van der Waals surface area contributed by atoms with Crippen molar-refractivity contribution in [1.82, 2.24) is 4.98 Å². The first-order chi connectivity index (χ1) is 9.65. The molecule has 0 fully saturated rings. The lowest BCUT2D eigenvalue weighted by Crippen LogP contribution is -2.27. The Hall–Kier alpha value is -2.28. The number of carboxylic acid groups (broad SMARTS) is 1. The summed E-state index contributed by atoms with van der Waals surface area (Å²) in [5.74, 6) is -1.19. The third-order valence-corrected chi connectivity index (χ3v) is 2.52. The molecule has 0 unspecified atom stereocenters. The molecule has 2 N–H and O–H groups in total. The van der Waals surface area contributed by atoms with Crippen molar-refractivity contribution in [3.05, 3.63) is 22.7 Å². The average molecular weight is 313 g/mol. The Bertz CT molecular complexity index is 717. The number of nitrogens with zero attached hydrogens (tertiary/aromatic N) is 1. The van der Waals surface area contributed by atoms with Crippen LogP contribution >= 0.6 is 11.6 Å². The molecule has 1 aromatic heterocycles. The van der Waals surface area contributed by atoms with Crippen LogP contribution in [0.2, 0.25) is 5.02 Å². The highest BCUT2D eigenvalue weighted by atomic mass is 35.5. The number of ether oxygens (including phenoxy) is 1. The van der Waals surface area contributed by atoms with Crippen LogP contribution < -0.4 is 5.32 Å². The summed E-state index contributed by atoms with van der Waals surface area (Å²) >= 11 is 5.81. The molecule has 0 radical (unpaired) electrons. The number of oxazole rings is 1. The second-order valence-electron chi connectivity index (χ2n) is 5.25. The van der Waals surface area contributed by atoms with Crippen molar-refractivity contribution in [3.8, 4) is 0 Å². The second-order valence-corrected chi connectivity index (χ2v) is 5.69. The number of hydrogen-bond acceptors (Lipinski definition) is 5. The van der Waals surface area contributed by atoms with Gasteiger partial charge in [0.25, 0.3) is 0 Å². The number of nitrogens with one attached hydrogen (secondary N) is 1. The molecule has 0 spiro atoms. The number of amides is 1. The first-order valence-electron chi connectivity index (χ1n) is 5.99. The van der Waals surface area contributed by atoms with Gasteiger partial charge in [-0.2, -0.15) is 4.98 Å². The standard InChI is InChI=1S/C13H13ClN2O5/c1-13(2,3)21-12(19)16-11-15-9-7(10(17)18)4-6(14)5-8(9)20-11/h4-5H,1-3H3,(H,17,18)(H,15,16,19). The van der Waals surface area contributed by atoms with Gasteiger partial charge >= 0.3 is 18.1 Å². The number of halogens is 1. The summed E-state index contributed by atoms with van der Waals surface area (Å²) < 4.78 is 10.3. The van der Waals surface area contributed by atoms with Crippen LogP contribution in [0.1, 0.15) is 31.1 Å². The zero-order valence-corrected chi connectivity index (χ0v) is 12.3. The fraction of sp³-hybridized carbons (Fsp3) is 0.308. The van der Waals surface area contributed by atoms with E-state index >= 15 is 0 Å². The number of carbonyl (C=O) groups is 2. The van der Waals surface area contributed by atoms with Crippen molar-refractivity contribution in [2.24, 2.45) is 0 Å². The zero-order valence-electron chi connectivity index (χ0n) is 11.6. The lowest BCUT2D eigenvalue weighted by molar-refractivity contribution is 0.0630. The van der Waals surface area contributed by atoms with Gasteiger partial charge < -0.3 is 14.3 Å². The van der Waals surface area contributed by atoms with E-state index in [9.17, 15) is 9.59 Å². The lowest BCUT2D eigenvalue weighted by Gasteiger charge is -2.18. The third kappa shape index (κ3) is 3.63. The largest absolute Gasteiger partial charge is 0.478 e. The minimum Gasteiger partial charge on any atom is -0.478 e. The third-order valence-electron chi connectivity index (χ3n) is 2.30. The van der Waals surface area contributed by atoms with Gasteiger partial charge in [0.15, 0.2) is 5.58 Å². The van der Waals surface area contributed by atoms with Crippen molar-refractivity contribution in [2.75, 3.05) is 5.32 Å². The van der Waals surface area contributed by atoms with E-state index < -0.39 is 17.7 Å². The zero-order chi connectivity index (χ0) is 15.8. The van der Waals surface area contributed by atoms with Crippen molar-refractivity contribution < 1.29 is 23.8 Å². The SMILES string of the molecule is CC(C)(C)OC(=O)Nc1nc2c(C(=O)O)cc(Cl)cc2o1. The molecule has 0 atom stereocenters. The maximum Gasteiger partial charge on any atom is 0.415 e. The van der Waals surface area contributed by atoms with Crippen molar-refractivity contribution in [2.45, 2.75) is 26.4 Å². The van der Waals surface area contributed by atoms with Gasteiger partial charge in [-0.1, -0.05) is 11.6 Å². The van der Waals surface area contributed by atoms with E-state index in [0.29, 0.717) is 0 Å². The number of carbonyl (C=O) groups excluding carboxylic acids is 1. The summed E-state index contributed by atoms with van der Waals surface area (Å²) in [6.07, 6.45) is -0.753. The van der Waals surface area contributed by atoms with Gasteiger partial charge in [-0.05, 0) is 26.8 Å². The van der Waals surface area contributed by atoms with Gasteiger partial charge in [-0.15, -0.1) is 0 Å². The Morgan fingerprint density at radius 2 is 2.05 bits per heavy atom. The Morgan fingerprint density at radius 1 is 1.38 bits per heavy atom. The quantitative estimate of drug-likeness (QED) is 0.879. The maximum absolute atomic E-state index is 11.6. The van der Waals surface area contributed by atoms with Gasteiger partial charge in [0, 0.05) is 11.1 Å². The van der Waals surface area contributed by atoms with Crippen molar-refractivity contribution >= 4 is 40.8 Å². The molecule has 0 aliphatic carbocycles. The predicted molar refractivity (Wildman–Crippen MR) is 75.8 cm³/mol. The lowest BCUT2D eigenvalue weighted by atomic mass is 10.2. The second kappa shape index (κ2) is 5.25. The Labute approximate surface area is 124 Å². The first kappa shape index (κ1) is 15.1. The molecule has 112 valence electrons. The van der Waals surface area contributed by atoms with Crippen molar-refractivity contribution in [3.63, 3.8) is 0 Å². The fourth-order valence-electron chi connectivity index (χ4n) is 1.60. The van der Waals surface area contributed by atoms with Crippen LogP contribution in [-0.2, 0) is 4.74 Å². The predicted octanol–water partition coefficient (Wildman–Crippen LogP) is 3.53. The molecule has 1 heterocycles. The summed E-state index contributed by atoms with van der Waals surface area (Å²) in [6, 6.07) is 2.51. The van der Waals surface area contributed by atoms with E-state index in [1.807, 2.05) is 0 Å². The highest BCUT2D eigenvalue weighted by molar-refractivity contribution is 6.31. The molecule has 0 aliphatic heterocycles. The van der Waals surface area contributed by atoms with Crippen LogP contribution in [0.25, 0.3) is 11.1 Å². The molecular weight excluding hydrogens is 300 g/mol. The molecule has 1 amide bonds. The molecule has 0 saturated heterocycles. The first-order valence-corrected chi connectivity index (χ1v) is 6.37. The smallest absolute Gasteiger partial charge is 0.415 e. The van der Waals surface area contributed by atoms with Crippen LogP contribution in [0, 0.1) is 0 Å². The average Bonchev–Trinajstić information content (AvgIpc) is 2.66. The van der Waals surface area contributed by atoms with E-state index in [2.05, 4.69) is 10.3 Å². The minimum atomic E-state index is -1.19. The van der Waals surface area contributed by atoms with Crippen LogP contribution in [0.3, 0.4) is 0 Å². The monoisotopic (exact) mass is 312 g/mol. The van der Waals surface area contributed by atoms with Gasteiger partial charge in [-0.3, -0.25) is 0 Å². The number of hydrogen-bond donors (Lipinski definition) is 2. The van der Waals surface area contributed by atoms with E-state index in [1.165, 1.54) is 12.1 Å². The molecule has 1 aromatic carbocycles. The fourth-order valence-corrected chi connectivity index (χ4v) is 1.81. The number of anilines is 1. The van der Waals surface area contributed by atoms with E-state index in [4.69, 9.17) is 25.9 Å². The highest BCUT2D eigenvalue weighted by Gasteiger charge is 2.20. The highest BCUT2D eigenvalue weighted by Crippen LogP contribution is 2.26. The van der Waals surface area contributed by atoms with E-state index in [-0.39, 0.29) is 27.7 Å². The van der Waals surface area contributed by atoms with Gasteiger partial charge in [0.1, 0.15) is 11.1 Å². The number of benzene rings is 1. The summed E-state index contributed by atoms with van der Waals surface area (Å²) in [5.41, 5.74) is -0.534. The number of carboxylic acids is 1. The molecule has 2 rings (SSSR count).